The highest BCUT2D eigenvalue weighted by Crippen LogP contribution is 2.34. The molecule has 0 bridgehead atoms. The number of nitrogens with one attached hydrogen (secondary N) is 1. The van der Waals surface area contributed by atoms with Crippen molar-refractivity contribution in [2.75, 3.05) is 5.32 Å². The predicted molar refractivity (Wildman–Crippen MR) is 107 cm³/mol. The SMILES string of the molecule is Cc1ccc(Cl)cc1Nc1nc(-c2sccc2Cl)nc2ccccc12. The van der Waals surface area contributed by atoms with Gasteiger partial charge >= 0.3 is 0 Å². The fourth-order valence-corrected chi connectivity index (χ4v) is 3.83. The maximum absolute atomic E-state index is 6.28. The molecule has 4 rings (SSSR count). The van der Waals surface area contributed by atoms with Crippen LogP contribution in [0.3, 0.4) is 0 Å². The van der Waals surface area contributed by atoms with Crippen LogP contribution in [0.5, 0.6) is 0 Å². The van der Waals surface area contributed by atoms with E-state index in [0.717, 1.165) is 32.8 Å². The van der Waals surface area contributed by atoms with Crippen LogP contribution in [0.2, 0.25) is 10.0 Å². The van der Waals surface area contributed by atoms with E-state index < -0.39 is 0 Å². The Labute approximate surface area is 159 Å². The molecule has 0 fully saturated rings. The van der Waals surface area contributed by atoms with Gasteiger partial charge in [0.1, 0.15) is 5.82 Å². The third-order valence-corrected chi connectivity index (χ3v) is 5.45. The van der Waals surface area contributed by atoms with E-state index in [4.69, 9.17) is 28.2 Å². The molecule has 2 aromatic heterocycles. The van der Waals surface area contributed by atoms with E-state index >= 15 is 0 Å². The Morgan fingerprint density at radius 2 is 1.84 bits per heavy atom. The minimum atomic E-state index is 0.612. The highest BCUT2D eigenvalue weighted by molar-refractivity contribution is 7.14. The molecule has 0 unspecified atom stereocenters. The number of hydrogen-bond donors (Lipinski definition) is 1. The molecular weight excluding hydrogens is 373 g/mol. The van der Waals surface area contributed by atoms with Crippen molar-refractivity contribution in [1.29, 1.82) is 0 Å². The van der Waals surface area contributed by atoms with E-state index in [1.54, 1.807) is 0 Å². The lowest BCUT2D eigenvalue weighted by Crippen LogP contribution is -2.00. The van der Waals surface area contributed by atoms with Gasteiger partial charge in [-0.2, -0.15) is 0 Å². The van der Waals surface area contributed by atoms with Crippen LogP contribution in [0.25, 0.3) is 21.6 Å². The summed E-state index contributed by atoms with van der Waals surface area (Å²) in [6.45, 7) is 2.03. The van der Waals surface area contributed by atoms with Crippen LogP contribution in [-0.4, -0.2) is 9.97 Å². The van der Waals surface area contributed by atoms with Crippen molar-refractivity contribution in [1.82, 2.24) is 9.97 Å². The van der Waals surface area contributed by atoms with E-state index in [1.807, 2.05) is 60.8 Å². The maximum atomic E-state index is 6.28. The Bertz CT molecular complexity index is 1080. The molecule has 2 heterocycles. The minimum absolute atomic E-state index is 0.612. The van der Waals surface area contributed by atoms with Gasteiger partial charge in [0.2, 0.25) is 0 Å². The lowest BCUT2D eigenvalue weighted by atomic mass is 10.2. The Morgan fingerprint density at radius 1 is 1.00 bits per heavy atom. The molecule has 2 aromatic carbocycles. The Morgan fingerprint density at radius 3 is 2.64 bits per heavy atom. The number of halogens is 2. The first-order chi connectivity index (χ1) is 12.1. The standard InChI is InChI=1S/C19H13Cl2N3S/c1-11-6-7-12(20)10-16(11)23-18-13-4-2-3-5-15(13)22-19(24-18)17-14(21)8-9-25-17/h2-10H,1H3,(H,22,23,24). The molecule has 0 atom stereocenters. The largest absolute Gasteiger partial charge is 0.339 e. The first kappa shape index (κ1) is 16.3. The molecule has 0 spiro atoms. The van der Waals surface area contributed by atoms with Gasteiger partial charge in [0.05, 0.1) is 15.4 Å². The number of thiophene rings is 1. The molecule has 3 nitrogen and oxygen atoms in total. The summed E-state index contributed by atoms with van der Waals surface area (Å²) < 4.78 is 0. The third kappa shape index (κ3) is 3.21. The van der Waals surface area contributed by atoms with Gasteiger partial charge in [-0.15, -0.1) is 11.3 Å². The summed E-state index contributed by atoms with van der Waals surface area (Å²) >= 11 is 13.9. The van der Waals surface area contributed by atoms with Crippen molar-refractivity contribution < 1.29 is 0 Å². The highest BCUT2D eigenvalue weighted by Gasteiger charge is 2.13. The molecule has 0 saturated heterocycles. The predicted octanol–water partition coefficient (Wildman–Crippen LogP) is 6.72. The van der Waals surface area contributed by atoms with Gasteiger partial charge in [-0.05, 0) is 48.2 Å². The van der Waals surface area contributed by atoms with Gasteiger partial charge in [0, 0.05) is 16.1 Å². The Kier molecular flexibility index (Phi) is 4.34. The van der Waals surface area contributed by atoms with E-state index in [1.165, 1.54) is 11.3 Å². The number of benzene rings is 2. The van der Waals surface area contributed by atoms with Crippen molar-refractivity contribution in [2.45, 2.75) is 6.92 Å². The number of aromatic nitrogens is 2. The van der Waals surface area contributed by atoms with Crippen LogP contribution in [0, 0.1) is 6.92 Å². The molecule has 0 amide bonds. The van der Waals surface area contributed by atoms with Gasteiger partial charge in [-0.3, -0.25) is 0 Å². The lowest BCUT2D eigenvalue weighted by molar-refractivity contribution is 1.23. The summed E-state index contributed by atoms with van der Waals surface area (Å²) in [5.74, 6) is 1.34. The average Bonchev–Trinajstić information content (AvgIpc) is 3.04. The number of para-hydroxylation sites is 1. The third-order valence-electron chi connectivity index (χ3n) is 3.88. The van der Waals surface area contributed by atoms with Crippen molar-refractivity contribution in [3.63, 3.8) is 0 Å². The molecule has 4 aromatic rings. The fourth-order valence-electron chi connectivity index (χ4n) is 2.58. The normalized spacial score (nSPS) is 11.0. The molecule has 0 saturated carbocycles. The molecule has 25 heavy (non-hydrogen) atoms. The van der Waals surface area contributed by atoms with Crippen LogP contribution < -0.4 is 5.32 Å². The van der Waals surface area contributed by atoms with Crippen molar-refractivity contribution in [2.24, 2.45) is 0 Å². The molecule has 0 aliphatic heterocycles. The molecule has 6 heteroatoms. The second-order valence-electron chi connectivity index (χ2n) is 5.59. The van der Waals surface area contributed by atoms with Gasteiger partial charge in [0.25, 0.3) is 0 Å². The zero-order chi connectivity index (χ0) is 17.4. The second kappa shape index (κ2) is 6.64. The van der Waals surface area contributed by atoms with E-state index in [9.17, 15) is 0 Å². The molecule has 0 radical (unpaired) electrons. The number of rotatable bonds is 3. The van der Waals surface area contributed by atoms with E-state index in [-0.39, 0.29) is 0 Å². The first-order valence-electron chi connectivity index (χ1n) is 7.65. The number of fused-ring (bicyclic) bond motifs is 1. The van der Waals surface area contributed by atoms with Crippen molar-refractivity contribution in [3.8, 4) is 10.7 Å². The van der Waals surface area contributed by atoms with Crippen LogP contribution in [0.15, 0.2) is 53.9 Å². The summed E-state index contributed by atoms with van der Waals surface area (Å²) in [5, 5.41) is 7.61. The molecular formula is C19H13Cl2N3S. The fraction of sp³-hybridized carbons (Fsp3) is 0.0526. The summed E-state index contributed by atoms with van der Waals surface area (Å²) in [7, 11) is 0. The first-order valence-corrected chi connectivity index (χ1v) is 9.29. The van der Waals surface area contributed by atoms with Gasteiger partial charge < -0.3 is 5.32 Å². The molecule has 0 aliphatic carbocycles. The van der Waals surface area contributed by atoms with Crippen molar-refractivity contribution in [3.05, 3.63) is 69.5 Å². The Balaban J connectivity index is 1.90. The highest BCUT2D eigenvalue weighted by atomic mass is 35.5. The topological polar surface area (TPSA) is 37.8 Å². The molecule has 0 aliphatic rings. The number of anilines is 2. The van der Waals surface area contributed by atoms with Gasteiger partial charge in [0.15, 0.2) is 5.82 Å². The van der Waals surface area contributed by atoms with E-state index in [0.29, 0.717) is 15.9 Å². The van der Waals surface area contributed by atoms with Crippen LogP contribution >= 0.6 is 34.5 Å². The average molecular weight is 386 g/mol. The quantitative estimate of drug-likeness (QED) is 0.425. The van der Waals surface area contributed by atoms with Gasteiger partial charge in [-0.25, -0.2) is 9.97 Å². The zero-order valence-corrected chi connectivity index (χ0v) is 15.6. The number of nitrogens with zero attached hydrogens (tertiary/aromatic N) is 2. The molecule has 124 valence electrons. The van der Waals surface area contributed by atoms with Crippen LogP contribution in [0.1, 0.15) is 5.56 Å². The zero-order valence-electron chi connectivity index (χ0n) is 13.3. The summed E-state index contributed by atoms with van der Waals surface area (Å²) in [5.41, 5.74) is 2.86. The summed E-state index contributed by atoms with van der Waals surface area (Å²) in [6, 6.07) is 15.5. The monoisotopic (exact) mass is 385 g/mol. The minimum Gasteiger partial charge on any atom is -0.339 e. The van der Waals surface area contributed by atoms with Crippen LogP contribution in [0.4, 0.5) is 11.5 Å². The number of aryl methyl sites for hydroxylation is 1. The van der Waals surface area contributed by atoms with Crippen LogP contribution in [-0.2, 0) is 0 Å². The van der Waals surface area contributed by atoms with Crippen molar-refractivity contribution >= 4 is 56.9 Å². The van der Waals surface area contributed by atoms with E-state index in [2.05, 4.69) is 10.3 Å². The smallest absolute Gasteiger partial charge is 0.173 e. The second-order valence-corrected chi connectivity index (χ2v) is 7.35. The Hall–Kier alpha value is -2.14. The number of hydrogen-bond acceptors (Lipinski definition) is 4. The lowest BCUT2D eigenvalue weighted by Gasteiger charge is -2.13. The molecule has 1 N–H and O–H groups in total. The summed E-state index contributed by atoms with van der Waals surface area (Å²) in [4.78, 5) is 10.3. The maximum Gasteiger partial charge on any atom is 0.173 e. The van der Waals surface area contributed by atoms with Gasteiger partial charge in [-0.1, -0.05) is 41.4 Å². The summed E-state index contributed by atoms with van der Waals surface area (Å²) in [6.07, 6.45) is 0.